The van der Waals surface area contributed by atoms with Crippen LogP contribution >= 0.6 is 0 Å². The lowest BCUT2D eigenvalue weighted by molar-refractivity contribution is 0.558. The normalized spacial score (nSPS) is 9.43. The summed E-state index contributed by atoms with van der Waals surface area (Å²) in [4.78, 5) is 7.51. The number of hydrogen-bond acceptors (Lipinski definition) is 4. The summed E-state index contributed by atoms with van der Waals surface area (Å²) in [5.41, 5.74) is 1.76. The maximum absolute atomic E-state index is 5.01. The van der Waals surface area contributed by atoms with Crippen LogP contribution < -0.4 is 0 Å². The highest BCUT2D eigenvalue weighted by atomic mass is 16.3. The Balaban J connectivity index is 0.000000128. The Bertz CT molecular complexity index is 426. The standard InChI is InChI=1S/C7H5NO.C3H3NO/c1-2-4-7-6(3-1)8-5-9-7;1-2-5-3-4-1/h1-5H;1-3H. The molecular weight excluding hydrogens is 180 g/mol. The van der Waals surface area contributed by atoms with Gasteiger partial charge in [0, 0.05) is 0 Å². The maximum Gasteiger partial charge on any atom is 0.181 e. The molecule has 0 aliphatic heterocycles. The molecule has 4 nitrogen and oxygen atoms in total. The molecule has 0 saturated heterocycles. The number of hydrogen-bond donors (Lipinski definition) is 0. The number of para-hydroxylation sites is 2. The summed E-state index contributed by atoms with van der Waals surface area (Å²) < 4.78 is 9.48. The SMILES string of the molecule is c1ccc2ocnc2c1.c1cocn1. The predicted molar refractivity (Wildman–Crippen MR) is 50.5 cm³/mol. The summed E-state index contributed by atoms with van der Waals surface area (Å²) in [5, 5.41) is 0. The topological polar surface area (TPSA) is 52.1 Å². The molecule has 0 unspecified atom stereocenters. The summed E-state index contributed by atoms with van der Waals surface area (Å²) in [5.74, 6) is 0. The third-order valence-electron chi connectivity index (χ3n) is 1.58. The van der Waals surface area contributed by atoms with Crippen molar-refractivity contribution in [2.45, 2.75) is 0 Å². The van der Waals surface area contributed by atoms with Crippen LogP contribution in [0.2, 0.25) is 0 Å². The Morgan fingerprint density at radius 2 is 2.00 bits per heavy atom. The Morgan fingerprint density at radius 3 is 2.64 bits per heavy atom. The van der Waals surface area contributed by atoms with E-state index in [0.717, 1.165) is 11.1 Å². The maximum atomic E-state index is 5.01. The van der Waals surface area contributed by atoms with Crippen LogP contribution in [0.25, 0.3) is 11.1 Å². The minimum atomic E-state index is 0.845. The van der Waals surface area contributed by atoms with E-state index < -0.39 is 0 Å². The molecule has 0 radical (unpaired) electrons. The van der Waals surface area contributed by atoms with E-state index in [9.17, 15) is 0 Å². The van der Waals surface area contributed by atoms with E-state index in [4.69, 9.17) is 4.42 Å². The molecule has 2 heterocycles. The van der Waals surface area contributed by atoms with Crippen LogP contribution in [-0.4, -0.2) is 9.97 Å². The summed E-state index contributed by atoms with van der Waals surface area (Å²) in [6.45, 7) is 0. The second-order valence-corrected chi connectivity index (χ2v) is 2.50. The minimum absolute atomic E-state index is 0.845. The zero-order valence-corrected chi connectivity index (χ0v) is 7.33. The average Bonchev–Trinajstić information content (AvgIpc) is 2.92. The van der Waals surface area contributed by atoms with Crippen molar-refractivity contribution in [3.05, 3.63) is 49.5 Å². The quantitative estimate of drug-likeness (QED) is 0.543. The Kier molecular flexibility index (Phi) is 2.56. The molecule has 0 amide bonds. The highest BCUT2D eigenvalue weighted by Gasteiger charge is 1.91. The highest BCUT2D eigenvalue weighted by molar-refractivity contribution is 5.71. The van der Waals surface area contributed by atoms with Crippen LogP contribution in [0.5, 0.6) is 0 Å². The first-order valence-corrected chi connectivity index (χ1v) is 4.07. The van der Waals surface area contributed by atoms with Crippen molar-refractivity contribution in [1.82, 2.24) is 9.97 Å². The van der Waals surface area contributed by atoms with Crippen molar-refractivity contribution in [1.29, 1.82) is 0 Å². The van der Waals surface area contributed by atoms with Crippen molar-refractivity contribution in [3.8, 4) is 0 Å². The molecule has 0 atom stereocenters. The first kappa shape index (κ1) is 8.50. The number of aromatic nitrogens is 2. The molecule has 70 valence electrons. The zero-order valence-electron chi connectivity index (χ0n) is 7.33. The van der Waals surface area contributed by atoms with E-state index in [1.54, 1.807) is 6.20 Å². The van der Waals surface area contributed by atoms with Gasteiger partial charge < -0.3 is 8.83 Å². The Hall–Kier alpha value is -2.10. The Labute approximate surface area is 80.2 Å². The van der Waals surface area contributed by atoms with Crippen LogP contribution in [0, 0.1) is 0 Å². The third-order valence-corrected chi connectivity index (χ3v) is 1.58. The van der Waals surface area contributed by atoms with Gasteiger partial charge >= 0.3 is 0 Å². The van der Waals surface area contributed by atoms with E-state index in [1.807, 2.05) is 24.3 Å². The molecule has 2 aromatic heterocycles. The van der Waals surface area contributed by atoms with E-state index in [2.05, 4.69) is 14.4 Å². The van der Waals surface area contributed by atoms with Crippen molar-refractivity contribution < 1.29 is 8.83 Å². The van der Waals surface area contributed by atoms with Gasteiger partial charge in [-0.1, -0.05) is 12.1 Å². The molecule has 0 aliphatic carbocycles. The van der Waals surface area contributed by atoms with Gasteiger partial charge in [-0.15, -0.1) is 0 Å². The van der Waals surface area contributed by atoms with Gasteiger partial charge in [-0.2, -0.15) is 0 Å². The van der Waals surface area contributed by atoms with E-state index in [-0.39, 0.29) is 0 Å². The third kappa shape index (κ3) is 1.98. The van der Waals surface area contributed by atoms with E-state index >= 15 is 0 Å². The molecule has 0 fully saturated rings. The fourth-order valence-corrected chi connectivity index (χ4v) is 0.979. The number of fused-ring (bicyclic) bond motifs is 1. The van der Waals surface area contributed by atoms with Crippen molar-refractivity contribution in [3.63, 3.8) is 0 Å². The number of oxazole rings is 2. The predicted octanol–water partition coefficient (Wildman–Crippen LogP) is 2.50. The largest absolute Gasteiger partial charge is 0.452 e. The smallest absolute Gasteiger partial charge is 0.181 e. The van der Waals surface area contributed by atoms with Gasteiger partial charge in [0.05, 0.1) is 6.20 Å². The van der Waals surface area contributed by atoms with Crippen LogP contribution in [0.4, 0.5) is 0 Å². The first-order chi connectivity index (χ1) is 6.97. The molecule has 0 bridgehead atoms. The summed E-state index contributed by atoms with van der Waals surface area (Å²) in [6.07, 6.45) is 5.92. The average molecular weight is 188 g/mol. The van der Waals surface area contributed by atoms with E-state index in [1.165, 1.54) is 19.1 Å². The molecule has 3 rings (SSSR count). The van der Waals surface area contributed by atoms with Gasteiger partial charge in [0.1, 0.15) is 11.8 Å². The fourth-order valence-electron chi connectivity index (χ4n) is 0.979. The highest BCUT2D eigenvalue weighted by Crippen LogP contribution is 2.09. The molecule has 0 aliphatic rings. The molecule has 0 spiro atoms. The van der Waals surface area contributed by atoms with Crippen LogP contribution in [0.3, 0.4) is 0 Å². The van der Waals surface area contributed by atoms with Gasteiger partial charge in [-0.3, -0.25) is 0 Å². The second kappa shape index (κ2) is 4.23. The molecule has 0 N–H and O–H groups in total. The lowest BCUT2D eigenvalue weighted by atomic mass is 10.3. The lowest BCUT2D eigenvalue weighted by Gasteiger charge is -1.79. The summed E-state index contributed by atoms with van der Waals surface area (Å²) >= 11 is 0. The monoisotopic (exact) mass is 188 g/mol. The molecule has 4 heteroatoms. The first-order valence-electron chi connectivity index (χ1n) is 4.07. The van der Waals surface area contributed by atoms with Crippen molar-refractivity contribution in [2.24, 2.45) is 0 Å². The fraction of sp³-hybridized carbons (Fsp3) is 0. The van der Waals surface area contributed by atoms with Gasteiger partial charge in [-0.25, -0.2) is 9.97 Å². The Morgan fingerprint density at radius 1 is 1.07 bits per heavy atom. The van der Waals surface area contributed by atoms with Crippen LogP contribution in [0.1, 0.15) is 0 Å². The van der Waals surface area contributed by atoms with Crippen molar-refractivity contribution >= 4 is 11.1 Å². The van der Waals surface area contributed by atoms with E-state index in [0.29, 0.717) is 0 Å². The van der Waals surface area contributed by atoms with Gasteiger partial charge in [0.25, 0.3) is 0 Å². The van der Waals surface area contributed by atoms with Crippen LogP contribution in [0.15, 0.2) is 58.3 Å². The zero-order chi connectivity index (χ0) is 9.64. The number of rotatable bonds is 0. The van der Waals surface area contributed by atoms with Crippen LogP contribution in [-0.2, 0) is 0 Å². The second-order valence-electron chi connectivity index (χ2n) is 2.50. The van der Waals surface area contributed by atoms with Crippen molar-refractivity contribution in [2.75, 3.05) is 0 Å². The van der Waals surface area contributed by atoms with Gasteiger partial charge in [-0.05, 0) is 12.1 Å². The van der Waals surface area contributed by atoms with Gasteiger partial charge in [0.2, 0.25) is 0 Å². The minimum Gasteiger partial charge on any atom is -0.452 e. The molecule has 1 aromatic carbocycles. The summed E-state index contributed by atoms with van der Waals surface area (Å²) in [7, 11) is 0. The molecule has 3 aromatic rings. The number of nitrogens with zero attached hydrogens (tertiary/aromatic N) is 2. The molecule has 14 heavy (non-hydrogen) atoms. The summed E-state index contributed by atoms with van der Waals surface area (Å²) in [6, 6.07) is 7.67. The molecular formula is C10H8N2O2. The molecule has 0 saturated carbocycles. The lowest BCUT2D eigenvalue weighted by Crippen LogP contribution is -1.61. The number of benzene rings is 1. The van der Waals surface area contributed by atoms with Gasteiger partial charge in [0.15, 0.2) is 18.4 Å².